The molecule has 0 amide bonds. The Kier molecular flexibility index (Phi) is 3.83. The lowest BCUT2D eigenvalue weighted by Gasteiger charge is -2.19. The van der Waals surface area contributed by atoms with E-state index in [2.05, 4.69) is 28.7 Å². The summed E-state index contributed by atoms with van der Waals surface area (Å²) in [5, 5.41) is 0. The maximum Gasteiger partial charge on any atom is 0.240 e. The van der Waals surface area contributed by atoms with Gasteiger partial charge in [-0.1, -0.05) is 0 Å². The van der Waals surface area contributed by atoms with Gasteiger partial charge in [0.05, 0.1) is 11.9 Å². The van der Waals surface area contributed by atoms with Crippen molar-refractivity contribution in [1.82, 2.24) is 4.98 Å². The number of aromatic nitrogens is 1. The number of hydrogen-bond acceptors (Lipinski definition) is 4. The van der Waals surface area contributed by atoms with Gasteiger partial charge in [0.25, 0.3) is 0 Å². The first-order valence-corrected chi connectivity index (χ1v) is 4.60. The summed E-state index contributed by atoms with van der Waals surface area (Å²) in [7, 11) is 0. The normalized spacial score (nSPS) is 9.29. The third-order valence-corrected chi connectivity index (χ3v) is 1.99. The van der Waals surface area contributed by atoms with Crippen LogP contribution < -0.4 is 4.90 Å². The van der Waals surface area contributed by atoms with E-state index in [1.807, 2.05) is 6.07 Å². The lowest BCUT2D eigenvalue weighted by molar-refractivity contribution is 0.565. The van der Waals surface area contributed by atoms with Crippen molar-refractivity contribution in [3.05, 3.63) is 18.3 Å². The molecule has 0 radical (unpaired) electrons. The molecule has 1 heterocycles. The van der Waals surface area contributed by atoms with Crippen LogP contribution >= 0.6 is 0 Å². The molecule has 0 aliphatic carbocycles. The van der Waals surface area contributed by atoms with Gasteiger partial charge >= 0.3 is 0 Å². The second kappa shape index (κ2) is 5.14. The van der Waals surface area contributed by atoms with Gasteiger partial charge < -0.3 is 4.90 Å². The Morgan fingerprint density at radius 3 is 2.57 bits per heavy atom. The lowest BCUT2D eigenvalue weighted by atomic mass is 10.4. The molecule has 1 aromatic rings. The van der Waals surface area contributed by atoms with Crippen LogP contribution in [0, 0.1) is 0 Å². The molecule has 0 aliphatic heterocycles. The maximum atomic E-state index is 9.98. The van der Waals surface area contributed by atoms with Crippen molar-refractivity contribution in [2.24, 2.45) is 4.99 Å². The summed E-state index contributed by atoms with van der Waals surface area (Å²) in [5.74, 6) is 0.903. The Hall–Kier alpha value is -1.67. The van der Waals surface area contributed by atoms with Gasteiger partial charge in [0.1, 0.15) is 5.82 Å². The number of isocyanates is 1. The predicted molar refractivity (Wildman–Crippen MR) is 55.6 cm³/mol. The van der Waals surface area contributed by atoms with E-state index in [1.165, 1.54) is 6.08 Å². The van der Waals surface area contributed by atoms with Crippen LogP contribution in [0.25, 0.3) is 0 Å². The van der Waals surface area contributed by atoms with Crippen LogP contribution in [-0.2, 0) is 4.79 Å². The van der Waals surface area contributed by atoms with Crippen molar-refractivity contribution in [3.8, 4) is 0 Å². The van der Waals surface area contributed by atoms with Crippen LogP contribution in [-0.4, -0.2) is 24.2 Å². The minimum atomic E-state index is 0.538. The van der Waals surface area contributed by atoms with Crippen molar-refractivity contribution in [1.29, 1.82) is 0 Å². The molecule has 1 aromatic heterocycles. The quantitative estimate of drug-likeness (QED) is 0.539. The summed E-state index contributed by atoms with van der Waals surface area (Å²) < 4.78 is 0. The molecular weight excluding hydrogens is 178 g/mol. The van der Waals surface area contributed by atoms with Gasteiger partial charge in [-0.2, -0.15) is 4.99 Å². The molecule has 0 atom stereocenters. The van der Waals surface area contributed by atoms with Crippen LogP contribution in [0.4, 0.5) is 11.5 Å². The SMILES string of the molecule is CCN(CC)c1ccc(N=C=O)cn1. The summed E-state index contributed by atoms with van der Waals surface area (Å²) in [6, 6.07) is 3.61. The molecule has 0 bridgehead atoms. The van der Waals surface area contributed by atoms with Crippen molar-refractivity contribution in [2.75, 3.05) is 18.0 Å². The fourth-order valence-corrected chi connectivity index (χ4v) is 1.23. The second-order valence-corrected chi connectivity index (χ2v) is 2.75. The van der Waals surface area contributed by atoms with Crippen molar-refractivity contribution < 1.29 is 4.79 Å². The molecule has 0 N–H and O–H groups in total. The fraction of sp³-hybridized carbons (Fsp3) is 0.400. The molecule has 4 nitrogen and oxygen atoms in total. The monoisotopic (exact) mass is 191 g/mol. The zero-order chi connectivity index (χ0) is 10.4. The first-order chi connectivity index (χ1) is 6.81. The van der Waals surface area contributed by atoms with Gasteiger partial charge in [0.15, 0.2) is 0 Å². The first kappa shape index (κ1) is 10.4. The molecule has 0 aliphatic rings. The van der Waals surface area contributed by atoms with E-state index < -0.39 is 0 Å². The summed E-state index contributed by atoms with van der Waals surface area (Å²) in [6.45, 7) is 5.98. The number of rotatable bonds is 4. The molecule has 74 valence electrons. The van der Waals surface area contributed by atoms with Crippen LogP contribution in [0.3, 0.4) is 0 Å². The second-order valence-electron chi connectivity index (χ2n) is 2.75. The fourth-order valence-electron chi connectivity index (χ4n) is 1.23. The molecule has 0 aromatic carbocycles. The van der Waals surface area contributed by atoms with Gasteiger partial charge in [-0.05, 0) is 26.0 Å². The highest BCUT2D eigenvalue weighted by atomic mass is 16.1. The Morgan fingerprint density at radius 2 is 2.14 bits per heavy atom. The lowest BCUT2D eigenvalue weighted by Crippen LogP contribution is -2.22. The molecule has 4 heteroatoms. The van der Waals surface area contributed by atoms with Gasteiger partial charge in [-0.25, -0.2) is 9.78 Å². The van der Waals surface area contributed by atoms with Gasteiger partial charge in [0.2, 0.25) is 6.08 Å². The summed E-state index contributed by atoms with van der Waals surface area (Å²) in [4.78, 5) is 19.8. The summed E-state index contributed by atoms with van der Waals surface area (Å²) >= 11 is 0. The Bertz CT molecular complexity index is 324. The van der Waals surface area contributed by atoms with E-state index in [0.29, 0.717) is 5.69 Å². The number of hydrogen-bond donors (Lipinski definition) is 0. The molecule has 0 saturated heterocycles. The van der Waals surface area contributed by atoms with Gasteiger partial charge in [-0.15, -0.1) is 0 Å². The molecular formula is C10H13N3O. The third kappa shape index (κ3) is 2.41. The maximum absolute atomic E-state index is 9.98. The molecule has 1 rings (SSSR count). The summed E-state index contributed by atoms with van der Waals surface area (Å²) in [6.07, 6.45) is 3.05. The van der Waals surface area contributed by atoms with Gasteiger partial charge in [0, 0.05) is 13.1 Å². The van der Waals surface area contributed by atoms with E-state index in [1.54, 1.807) is 12.3 Å². The first-order valence-electron chi connectivity index (χ1n) is 4.60. The minimum absolute atomic E-state index is 0.538. The van der Waals surface area contributed by atoms with E-state index in [0.717, 1.165) is 18.9 Å². The van der Waals surface area contributed by atoms with Crippen molar-refractivity contribution in [3.63, 3.8) is 0 Å². The van der Waals surface area contributed by atoms with E-state index in [4.69, 9.17) is 0 Å². The zero-order valence-corrected chi connectivity index (χ0v) is 8.40. The number of anilines is 1. The highest BCUT2D eigenvalue weighted by Gasteiger charge is 2.01. The van der Waals surface area contributed by atoms with Crippen LogP contribution in [0.1, 0.15) is 13.8 Å². The number of pyridine rings is 1. The minimum Gasteiger partial charge on any atom is -0.357 e. The highest BCUT2D eigenvalue weighted by Crippen LogP contribution is 2.15. The molecule has 0 spiro atoms. The third-order valence-electron chi connectivity index (χ3n) is 1.99. The van der Waals surface area contributed by atoms with Crippen LogP contribution in [0.5, 0.6) is 0 Å². The molecule has 0 unspecified atom stereocenters. The van der Waals surface area contributed by atoms with E-state index >= 15 is 0 Å². The van der Waals surface area contributed by atoms with Crippen LogP contribution in [0.2, 0.25) is 0 Å². The van der Waals surface area contributed by atoms with Gasteiger partial charge in [-0.3, -0.25) is 0 Å². The molecule has 0 fully saturated rings. The largest absolute Gasteiger partial charge is 0.357 e. The van der Waals surface area contributed by atoms with Crippen molar-refractivity contribution >= 4 is 17.6 Å². The summed E-state index contributed by atoms with van der Waals surface area (Å²) in [5.41, 5.74) is 0.538. The number of carbonyl (C=O) groups excluding carboxylic acids is 1. The highest BCUT2D eigenvalue weighted by molar-refractivity contribution is 5.50. The Labute approximate surface area is 83.3 Å². The average molecular weight is 191 g/mol. The predicted octanol–water partition coefficient (Wildman–Crippen LogP) is 1.90. The standard InChI is InChI=1S/C10H13N3O/c1-3-13(4-2)10-6-5-9(7-11-10)12-8-14/h5-7H,3-4H2,1-2H3. The van der Waals surface area contributed by atoms with E-state index in [9.17, 15) is 4.79 Å². The Morgan fingerprint density at radius 1 is 1.43 bits per heavy atom. The zero-order valence-electron chi connectivity index (χ0n) is 8.40. The topological polar surface area (TPSA) is 45.6 Å². The Balaban J connectivity index is 2.86. The number of aliphatic imine (C=N–C) groups is 1. The smallest absolute Gasteiger partial charge is 0.240 e. The van der Waals surface area contributed by atoms with E-state index in [-0.39, 0.29) is 0 Å². The molecule has 14 heavy (non-hydrogen) atoms. The van der Waals surface area contributed by atoms with Crippen LogP contribution in [0.15, 0.2) is 23.3 Å². The average Bonchev–Trinajstić information content (AvgIpc) is 2.23. The molecule has 0 saturated carbocycles. The number of nitrogens with zero attached hydrogens (tertiary/aromatic N) is 3. The van der Waals surface area contributed by atoms with Crippen molar-refractivity contribution in [2.45, 2.75) is 13.8 Å².